The Labute approximate surface area is 143 Å². The number of carbonyl (C=O) groups excluding carboxylic acids is 1. The van der Waals surface area contributed by atoms with E-state index in [2.05, 4.69) is 11.9 Å². The first-order valence-corrected chi connectivity index (χ1v) is 10.1. The normalized spacial score (nSPS) is 21.8. The third kappa shape index (κ3) is 3.34. The number of nitrogens with zero attached hydrogens (tertiary/aromatic N) is 2. The van der Waals surface area contributed by atoms with Crippen LogP contribution in [0.3, 0.4) is 0 Å². The lowest BCUT2D eigenvalue weighted by Crippen LogP contribution is -2.63. The summed E-state index contributed by atoms with van der Waals surface area (Å²) >= 11 is 0. The second-order valence-corrected chi connectivity index (χ2v) is 8.80. The lowest BCUT2D eigenvalue weighted by Gasteiger charge is -2.51. The molecule has 2 aliphatic rings. The van der Waals surface area contributed by atoms with Crippen molar-refractivity contribution in [1.82, 2.24) is 9.80 Å². The Hall–Kier alpha value is -1.44. The molecule has 0 aromatic heterocycles. The Bertz CT molecular complexity index is 709. The summed E-state index contributed by atoms with van der Waals surface area (Å²) in [6.45, 7) is 3.68. The van der Waals surface area contributed by atoms with Gasteiger partial charge in [0.1, 0.15) is 0 Å². The van der Waals surface area contributed by atoms with Crippen LogP contribution in [-0.4, -0.2) is 75.8 Å². The second-order valence-electron chi connectivity index (χ2n) is 6.78. The van der Waals surface area contributed by atoms with Crippen LogP contribution in [0.2, 0.25) is 0 Å². The highest BCUT2D eigenvalue weighted by Crippen LogP contribution is 2.31. The zero-order valence-corrected chi connectivity index (χ0v) is 15.0. The highest BCUT2D eigenvalue weighted by molar-refractivity contribution is 7.90. The fourth-order valence-corrected chi connectivity index (χ4v) is 4.19. The maximum Gasteiger partial charge on any atom is 0.253 e. The van der Waals surface area contributed by atoms with E-state index in [0.29, 0.717) is 18.7 Å². The van der Waals surface area contributed by atoms with Crippen molar-refractivity contribution in [3.05, 3.63) is 29.8 Å². The number of piperazine rings is 1. The maximum atomic E-state index is 12.8. The van der Waals surface area contributed by atoms with Crippen LogP contribution in [0.1, 0.15) is 23.2 Å². The fourth-order valence-electron chi connectivity index (χ4n) is 3.55. The van der Waals surface area contributed by atoms with Crippen molar-refractivity contribution in [2.45, 2.75) is 23.3 Å². The molecule has 0 radical (unpaired) electrons. The molecule has 2 aliphatic heterocycles. The number of rotatable bonds is 2. The molecule has 0 saturated carbocycles. The number of benzene rings is 1. The number of carbonyl (C=O) groups is 1. The highest BCUT2D eigenvalue weighted by Gasteiger charge is 2.42. The van der Waals surface area contributed by atoms with E-state index in [1.165, 1.54) is 18.4 Å². The van der Waals surface area contributed by atoms with Gasteiger partial charge in [0.05, 0.1) is 4.90 Å². The molecular weight excluding hydrogens is 328 g/mol. The van der Waals surface area contributed by atoms with Crippen LogP contribution in [0.25, 0.3) is 0 Å². The van der Waals surface area contributed by atoms with Gasteiger partial charge >= 0.3 is 0 Å². The van der Waals surface area contributed by atoms with Crippen LogP contribution < -0.4 is 0 Å². The Morgan fingerprint density at radius 1 is 1.12 bits per heavy atom. The first kappa shape index (κ1) is 17.4. The molecule has 132 valence electrons. The summed E-state index contributed by atoms with van der Waals surface area (Å²) in [5.74, 6) is -0.0333. The summed E-state index contributed by atoms with van der Waals surface area (Å²) in [4.78, 5) is 17.3. The predicted molar refractivity (Wildman–Crippen MR) is 90.9 cm³/mol. The van der Waals surface area contributed by atoms with Gasteiger partial charge < -0.3 is 9.64 Å². The largest absolute Gasteiger partial charge is 0.381 e. The average molecular weight is 352 g/mol. The number of hydrogen-bond donors (Lipinski definition) is 0. The average Bonchev–Trinajstić information content (AvgIpc) is 2.57. The van der Waals surface area contributed by atoms with Gasteiger partial charge in [-0.1, -0.05) is 0 Å². The van der Waals surface area contributed by atoms with Crippen molar-refractivity contribution >= 4 is 15.7 Å². The fraction of sp³-hybridized carbons (Fsp3) is 0.588. The SMILES string of the molecule is CN1CCN(C(=O)c2ccc(S(C)(=O)=O)cc2)CC12CCOCC2. The zero-order chi connectivity index (χ0) is 17.4. The maximum absolute atomic E-state index is 12.8. The van der Waals surface area contributed by atoms with Crippen LogP contribution >= 0.6 is 0 Å². The standard InChI is InChI=1S/C17H24N2O4S/c1-18-9-10-19(13-17(18)7-11-23-12-8-17)16(20)14-3-5-15(6-4-14)24(2,21)22/h3-6H,7-13H2,1-2H3. The predicted octanol–water partition coefficient (Wildman–Crippen LogP) is 1.03. The number of amides is 1. The summed E-state index contributed by atoms with van der Waals surface area (Å²) in [6, 6.07) is 6.22. The van der Waals surface area contributed by atoms with Gasteiger partial charge in [0.2, 0.25) is 0 Å². The topological polar surface area (TPSA) is 66.9 Å². The molecule has 0 bridgehead atoms. The smallest absolute Gasteiger partial charge is 0.253 e. The molecule has 1 aromatic carbocycles. The Morgan fingerprint density at radius 2 is 1.75 bits per heavy atom. The first-order valence-electron chi connectivity index (χ1n) is 8.20. The number of hydrogen-bond acceptors (Lipinski definition) is 5. The van der Waals surface area contributed by atoms with Crippen LogP contribution in [0.5, 0.6) is 0 Å². The molecule has 3 rings (SSSR count). The van der Waals surface area contributed by atoms with E-state index >= 15 is 0 Å². The molecule has 0 unspecified atom stereocenters. The van der Waals surface area contributed by atoms with Gasteiger partial charge in [0, 0.05) is 50.2 Å². The van der Waals surface area contributed by atoms with E-state index in [1.54, 1.807) is 12.1 Å². The van der Waals surface area contributed by atoms with Gasteiger partial charge in [0.25, 0.3) is 5.91 Å². The van der Waals surface area contributed by atoms with Crippen LogP contribution in [-0.2, 0) is 14.6 Å². The monoisotopic (exact) mass is 352 g/mol. The van der Waals surface area contributed by atoms with E-state index in [1.807, 2.05) is 4.90 Å². The van der Waals surface area contributed by atoms with Gasteiger partial charge in [-0.15, -0.1) is 0 Å². The van der Waals surface area contributed by atoms with Gasteiger partial charge in [-0.25, -0.2) is 8.42 Å². The van der Waals surface area contributed by atoms with E-state index in [0.717, 1.165) is 32.6 Å². The first-order chi connectivity index (χ1) is 11.3. The van der Waals surface area contributed by atoms with E-state index in [-0.39, 0.29) is 16.3 Å². The number of ether oxygens (including phenoxy) is 1. The van der Waals surface area contributed by atoms with Crippen molar-refractivity contribution in [2.75, 3.05) is 46.2 Å². The molecule has 24 heavy (non-hydrogen) atoms. The van der Waals surface area contributed by atoms with E-state index in [4.69, 9.17) is 4.74 Å². The van der Waals surface area contributed by atoms with Crippen LogP contribution in [0, 0.1) is 0 Å². The van der Waals surface area contributed by atoms with E-state index in [9.17, 15) is 13.2 Å². The minimum Gasteiger partial charge on any atom is -0.381 e. The summed E-state index contributed by atoms with van der Waals surface area (Å²) in [5.41, 5.74) is 0.535. The summed E-state index contributed by atoms with van der Waals surface area (Å²) in [5, 5.41) is 0. The molecule has 1 amide bonds. The lowest BCUT2D eigenvalue weighted by molar-refractivity contribution is -0.0543. The zero-order valence-electron chi connectivity index (χ0n) is 14.2. The molecule has 7 heteroatoms. The second kappa shape index (κ2) is 6.46. The molecule has 2 heterocycles. The quantitative estimate of drug-likeness (QED) is 0.795. The third-order valence-corrected chi connectivity index (χ3v) is 6.37. The number of likely N-dealkylation sites (N-methyl/N-ethyl adjacent to an activating group) is 1. The Balaban J connectivity index is 1.77. The molecule has 2 saturated heterocycles. The molecule has 0 atom stereocenters. The van der Waals surface area contributed by atoms with Gasteiger partial charge in [-0.05, 0) is 44.2 Å². The number of sulfone groups is 1. The van der Waals surface area contributed by atoms with Crippen LogP contribution in [0.15, 0.2) is 29.2 Å². The summed E-state index contributed by atoms with van der Waals surface area (Å²) < 4.78 is 28.6. The van der Waals surface area contributed by atoms with E-state index < -0.39 is 9.84 Å². The minimum atomic E-state index is -3.25. The highest BCUT2D eigenvalue weighted by atomic mass is 32.2. The molecule has 1 aromatic rings. The van der Waals surface area contributed by atoms with Crippen LogP contribution in [0.4, 0.5) is 0 Å². The summed E-state index contributed by atoms with van der Waals surface area (Å²) in [6.07, 6.45) is 3.03. The lowest BCUT2D eigenvalue weighted by atomic mass is 9.85. The van der Waals surface area contributed by atoms with Crippen molar-refractivity contribution in [1.29, 1.82) is 0 Å². The van der Waals surface area contributed by atoms with Gasteiger partial charge in [-0.3, -0.25) is 9.69 Å². The Kier molecular flexibility index (Phi) is 4.68. The molecule has 0 aliphatic carbocycles. The Morgan fingerprint density at radius 3 is 2.33 bits per heavy atom. The molecule has 2 fully saturated rings. The van der Waals surface area contributed by atoms with Gasteiger partial charge in [0.15, 0.2) is 9.84 Å². The third-order valence-electron chi connectivity index (χ3n) is 5.24. The van der Waals surface area contributed by atoms with Crippen molar-refractivity contribution in [3.8, 4) is 0 Å². The van der Waals surface area contributed by atoms with Crippen molar-refractivity contribution in [2.24, 2.45) is 0 Å². The molecule has 1 spiro atoms. The molecular formula is C17H24N2O4S. The van der Waals surface area contributed by atoms with Crippen molar-refractivity contribution in [3.63, 3.8) is 0 Å². The molecule has 6 nitrogen and oxygen atoms in total. The van der Waals surface area contributed by atoms with Gasteiger partial charge in [-0.2, -0.15) is 0 Å². The summed E-state index contributed by atoms with van der Waals surface area (Å²) in [7, 11) is -1.13. The van der Waals surface area contributed by atoms with Crippen molar-refractivity contribution < 1.29 is 17.9 Å². The minimum absolute atomic E-state index is 0.00113. The molecule has 0 N–H and O–H groups in total.